The van der Waals surface area contributed by atoms with Crippen molar-refractivity contribution in [2.75, 3.05) is 0 Å². The van der Waals surface area contributed by atoms with Crippen molar-refractivity contribution in [2.24, 2.45) is 0 Å². The third-order valence-corrected chi connectivity index (χ3v) is 2.45. The highest BCUT2D eigenvalue weighted by Crippen LogP contribution is 2.12. The van der Waals surface area contributed by atoms with Gasteiger partial charge in [-0.2, -0.15) is 5.26 Å². The predicted molar refractivity (Wildman–Crippen MR) is 62.3 cm³/mol. The lowest BCUT2D eigenvalue weighted by molar-refractivity contribution is 0.0691. The van der Waals surface area contributed by atoms with Crippen LogP contribution in [0.4, 0.5) is 0 Å². The molecule has 0 aliphatic rings. The first-order valence-electron chi connectivity index (χ1n) is 5.08. The highest BCUT2D eigenvalue weighted by molar-refractivity contribution is 6.09. The van der Waals surface area contributed by atoms with Crippen LogP contribution in [0.5, 0.6) is 0 Å². The average Bonchev–Trinajstić information content (AvgIpc) is 2.88. The van der Waals surface area contributed by atoms with Crippen LogP contribution < -0.4 is 0 Å². The predicted octanol–water partition coefficient (Wildman–Crippen LogP) is 1.82. The molecule has 2 rings (SSSR count). The van der Waals surface area contributed by atoms with Gasteiger partial charge in [0.25, 0.3) is 0 Å². The number of benzene rings is 1. The molecule has 1 aromatic carbocycles. The van der Waals surface area contributed by atoms with Gasteiger partial charge in [0.15, 0.2) is 5.78 Å². The summed E-state index contributed by atoms with van der Waals surface area (Å²) in [5.41, 5.74) is 1.11. The van der Waals surface area contributed by atoms with Crippen LogP contribution >= 0.6 is 0 Å². The maximum Gasteiger partial charge on any atom is 0.352 e. The summed E-state index contributed by atoms with van der Waals surface area (Å²) in [5, 5.41) is 17.4. The number of ketones is 1. The number of nitriles is 1. The van der Waals surface area contributed by atoms with E-state index in [0.717, 1.165) is 0 Å². The Morgan fingerprint density at radius 1 is 1.17 bits per heavy atom. The Morgan fingerprint density at radius 2 is 1.83 bits per heavy atom. The van der Waals surface area contributed by atoms with Gasteiger partial charge in [-0.05, 0) is 30.3 Å². The maximum atomic E-state index is 12.0. The molecule has 0 bridgehead atoms. The van der Waals surface area contributed by atoms with E-state index >= 15 is 0 Å². The van der Waals surface area contributed by atoms with E-state index in [1.165, 1.54) is 36.5 Å². The molecule has 0 radical (unpaired) electrons. The highest BCUT2D eigenvalue weighted by Gasteiger charge is 2.13. The van der Waals surface area contributed by atoms with Crippen LogP contribution in [0.3, 0.4) is 0 Å². The molecule has 0 unspecified atom stereocenters. The summed E-state index contributed by atoms with van der Waals surface area (Å²) >= 11 is 0. The van der Waals surface area contributed by atoms with Gasteiger partial charge in [-0.25, -0.2) is 4.79 Å². The van der Waals surface area contributed by atoms with Gasteiger partial charge < -0.3 is 10.1 Å². The first-order chi connectivity index (χ1) is 8.61. The standard InChI is InChI=1S/C13H8N2O3/c14-6-8-1-3-9(4-2-8)12(16)10-5-11(13(17)18)15-7-10/h1-5,7,15H,(H,17,18). The molecule has 1 aromatic heterocycles. The van der Waals surface area contributed by atoms with Crippen molar-refractivity contribution in [2.45, 2.75) is 0 Å². The second kappa shape index (κ2) is 4.55. The summed E-state index contributed by atoms with van der Waals surface area (Å²) in [6.45, 7) is 0. The number of aromatic carboxylic acids is 1. The van der Waals surface area contributed by atoms with Gasteiger partial charge in [-0.3, -0.25) is 4.79 Å². The minimum Gasteiger partial charge on any atom is -0.477 e. The molecule has 0 aliphatic heterocycles. The van der Waals surface area contributed by atoms with Crippen molar-refractivity contribution in [1.82, 2.24) is 4.98 Å². The largest absolute Gasteiger partial charge is 0.477 e. The van der Waals surface area contributed by atoms with Crippen molar-refractivity contribution in [3.63, 3.8) is 0 Å². The number of nitrogens with one attached hydrogen (secondary N) is 1. The number of nitrogens with zero attached hydrogens (tertiary/aromatic N) is 1. The molecule has 5 nitrogen and oxygen atoms in total. The minimum absolute atomic E-state index is 0.0352. The van der Waals surface area contributed by atoms with E-state index in [1.807, 2.05) is 6.07 Å². The van der Waals surface area contributed by atoms with Crippen LogP contribution in [-0.2, 0) is 0 Å². The fraction of sp³-hybridized carbons (Fsp3) is 0. The van der Waals surface area contributed by atoms with Crippen LogP contribution in [0.25, 0.3) is 0 Å². The summed E-state index contributed by atoms with van der Waals surface area (Å²) in [6, 6.07) is 9.39. The molecular weight excluding hydrogens is 232 g/mol. The molecule has 0 saturated carbocycles. The molecular formula is C13H8N2O3. The van der Waals surface area contributed by atoms with Gasteiger partial charge >= 0.3 is 5.97 Å². The van der Waals surface area contributed by atoms with Crippen molar-refractivity contribution in [3.8, 4) is 6.07 Å². The van der Waals surface area contributed by atoms with E-state index in [0.29, 0.717) is 11.1 Å². The van der Waals surface area contributed by atoms with E-state index in [2.05, 4.69) is 4.98 Å². The molecule has 5 heteroatoms. The summed E-state index contributed by atoms with van der Waals surface area (Å²) in [4.78, 5) is 25.2. The normalized spacial score (nSPS) is 9.72. The summed E-state index contributed by atoms with van der Waals surface area (Å²) in [5.74, 6) is -1.41. The molecule has 0 amide bonds. The van der Waals surface area contributed by atoms with Crippen molar-refractivity contribution in [3.05, 3.63) is 58.9 Å². The molecule has 0 saturated heterocycles. The fourth-order valence-electron chi connectivity index (χ4n) is 1.51. The number of H-pyrrole nitrogens is 1. The molecule has 18 heavy (non-hydrogen) atoms. The number of hydrogen-bond acceptors (Lipinski definition) is 3. The molecule has 0 aliphatic carbocycles. The third-order valence-electron chi connectivity index (χ3n) is 2.45. The van der Waals surface area contributed by atoms with Gasteiger partial charge in [-0.1, -0.05) is 0 Å². The zero-order valence-corrected chi connectivity index (χ0v) is 9.18. The Morgan fingerprint density at radius 3 is 2.33 bits per heavy atom. The fourth-order valence-corrected chi connectivity index (χ4v) is 1.51. The number of aromatic nitrogens is 1. The number of hydrogen-bond donors (Lipinski definition) is 2. The van der Waals surface area contributed by atoms with E-state index in [4.69, 9.17) is 10.4 Å². The third kappa shape index (κ3) is 2.13. The second-order valence-electron chi connectivity index (χ2n) is 3.63. The lowest BCUT2D eigenvalue weighted by Gasteiger charge is -1.97. The number of carbonyl (C=O) groups is 2. The Balaban J connectivity index is 2.29. The quantitative estimate of drug-likeness (QED) is 0.800. The van der Waals surface area contributed by atoms with E-state index < -0.39 is 5.97 Å². The molecule has 0 fully saturated rings. The Kier molecular flexibility index (Phi) is 2.94. The van der Waals surface area contributed by atoms with Gasteiger partial charge in [-0.15, -0.1) is 0 Å². The molecule has 2 aromatic rings. The lowest BCUT2D eigenvalue weighted by atomic mass is 10.0. The zero-order chi connectivity index (χ0) is 13.1. The monoisotopic (exact) mass is 240 g/mol. The average molecular weight is 240 g/mol. The van der Waals surface area contributed by atoms with Crippen LogP contribution in [0.2, 0.25) is 0 Å². The topological polar surface area (TPSA) is 94.0 Å². The number of carboxylic acids is 1. The van der Waals surface area contributed by atoms with Gasteiger partial charge in [0.2, 0.25) is 0 Å². The van der Waals surface area contributed by atoms with Crippen molar-refractivity contribution < 1.29 is 14.7 Å². The number of aromatic amines is 1. The van der Waals surface area contributed by atoms with Crippen LogP contribution in [0.15, 0.2) is 36.5 Å². The Bertz CT molecular complexity index is 648. The Labute approximate surface area is 102 Å². The summed E-state index contributed by atoms with van der Waals surface area (Å²) in [7, 11) is 0. The number of rotatable bonds is 3. The van der Waals surface area contributed by atoms with Crippen LogP contribution in [0.1, 0.15) is 32.0 Å². The van der Waals surface area contributed by atoms with Crippen molar-refractivity contribution >= 4 is 11.8 Å². The van der Waals surface area contributed by atoms with E-state index in [1.54, 1.807) is 0 Å². The van der Waals surface area contributed by atoms with Gasteiger partial charge in [0.05, 0.1) is 11.6 Å². The van der Waals surface area contributed by atoms with Crippen LogP contribution in [0, 0.1) is 11.3 Å². The molecule has 2 N–H and O–H groups in total. The van der Waals surface area contributed by atoms with E-state index in [-0.39, 0.29) is 17.0 Å². The first kappa shape index (κ1) is 11.6. The lowest BCUT2D eigenvalue weighted by Crippen LogP contribution is -2.00. The number of carbonyl (C=O) groups excluding carboxylic acids is 1. The molecule has 88 valence electrons. The smallest absolute Gasteiger partial charge is 0.352 e. The van der Waals surface area contributed by atoms with E-state index in [9.17, 15) is 9.59 Å². The molecule has 0 atom stereocenters. The Hall–Kier alpha value is -2.87. The first-order valence-corrected chi connectivity index (χ1v) is 5.08. The highest BCUT2D eigenvalue weighted by atomic mass is 16.4. The second-order valence-corrected chi connectivity index (χ2v) is 3.63. The van der Waals surface area contributed by atoms with Crippen LogP contribution in [-0.4, -0.2) is 21.8 Å². The van der Waals surface area contributed by atoms with Crippen molar-refractivity contribution in [1.29, 1.82) is 5.26 Å². The maximum absolute atomic E-state index is 12.0. The summed E-state index contributed by atoms with van der Waals surface area (Å²) < 4.78 is 0. The van der Waals surface area contributed by atoms with Gasteiger partial charge in [0.1, 0.15) is 5.69 Å². The van der Waals surface area contributed by atoms with Gasteiger partial charge in [0, 0.05) is 17.3 Å². The zero-order valence-electron chi connectivity index (χ0n) is 9.18. The SMILES string of the molecule is N#Cc1ccc(C(=O)c2c[nH]c(C(=O)O)c2)cc1. The molecule has 0 spiro atoms. The number of carboxylic acid groups (broad SMARTS) is 1. The summed E-state index contributed by atoms with van der Waals surface area (Å²) in [6.07, 6.45) is 1.35. The minimum atomic E-state index is -1.12. The molecule has 1 heterocycles.